The second-order valence-electron chi connectivity index (χ2n) is 4.36. The molecule has 0 aromatic heterocycles. The third kappa shape index (κ3) is 4.88. The Morgan fingerprint density at radius 1 is 1.15 bits per heavy atom. The van der Waals surface area contributed by atoms with Crippen molar-refractivity contribution in [2.75, 3.05) is 5.75 Å². The van der Waals surface area contributed by atoms with E-state index in [1.54, 1.807) is 17.8 Å². The van der Waals surface area contributed by atoms with E-state index in [1.165, 1.54) is 12.1 Å². The third-order valence-electron chi connectivity index (χ3n) is 2.70. The van der Waals surface area contributed by atoms with Gasteiger partial charge in [0.1, 0.15) is 5.82 Å². The highest BCUT2D eigenvalue weighted by molar-refractivity contribution is 9.10. The Labute approximate surface area is 138 Å². The van der Waals surface area contributed by atoms with Gasteiger partial charge in [0.2, 0.25) is 0 Å². The Morgan fingerprint density at radius 2 is 1.95 bits per heavy atom. The summed E-state index contributed by atoms with van der Waals surface area (Å²) in [7, 11) is 0. The zero-order valence-corrected chi connectivity index (χ0v) is 14.5. The van der Waals surface area contributed by atoms with E-state index in [-0.39, 0.29) is 5.82 Å². The van der Waals surface area contributed by atoms with Crippen LogP contribution in [-0.4, -0.2) is 17.0 Å². The van der Waals surface area contributed by atoms with Crippen molar-refractivity contribution in [1.82, 2.24) is 0 Å². The lowest BCUT2D eigenvalue weighted by Gasteiger charge is -2.12. The normalized spacial score (nSPS) is 12.4. The summed E-state index contributed by atoms with van der Waals surface area (Å²) >= 11 is 8.37. The van der Waals surface area contributed by atoms with E-state index in [2.05, 4.69) is 31.9 Å². The van der Waals surface area contributed by atoms with Crippen molar-refractivity contribution < 1.29 is 9.50 Å². The van der Waals surface area contributed by atoms with Crippen molar-refractivity contribution >= 4 is 43.6 Å². The van der Waals surface area contributed by atoms with Crippen molar-refractivity contribution in [3.05, 3.63) is 62.8 Å². The topological polar surface area (TPSA) is 20.2 Å². The van der Waals surface area contributed by atoms with E-state index in [0.717, 1.165) is 19.4 Å². The van der Waals surface area contributed by atoms with Crippen LogP contribution in [0.1, 0.15) is 5.56 Å². The van der Waals surface area contributed by atoms with Crippen LogP contribution < -0.4 is 0 Å². The van der Waals surface area contributed by atoms with E-state index in [4.69, 9.17) is 0 Å². The molecular weight excluding hydrogens is 407 g/mol. The Morgan fingerprint density at radius 3 is 2.70 bits per heavy atom. The van der Waals surface area contributed by atoms with Crippen LogP contribution >= 0.6 is 43.6 Å². The molecule has 0 radical (unpaired) electrons. The Hall–Kier alpha value is -0.360. The fourth-order valence-corrected chi connectivity index (χ4v) is 3.61. The predicted octanol–water partition coefficient (Wildman–Crippen LogP) is 5.05. The molecule has 20 heavy (non-hydrogen) atoms. The van der Waals surface area contributed by atoms with Gasteiger partial charge in [-0.15, -0.1) is 11.8 Å². The maximum Gasteiger partial charge on any atom is 0.123 e. The number of hydrogen-bond acceptors (Lipinski definition) is 2. The van der Waals surface area contributed by atoms with Crippen molar-refractivity contribution in [1.29, 1.82) is 0 Å². The molecule has 1 unspecified atom stereocenters. The lowest BCUT2D eigenvalue weighted by Crippen LogP contribution is -2.14. The smallest absolute Gasteiger partial charge is 0.123 e. The van der Waals surface area contributed by atoms with Crippen LogP contribution in [0.4, 0.5) is 4.39 Å². The molecule has 0 saturated heterocycles. The molecule has 0 aliphatic carbocycles. The molecule has 106 valence electrons. The molecule has 0 amide bonds. The minimum atomic E-state index is -0.517. The molecule has 0 saturated carbocycles. The van der Waals surface area contributed by atoms with Gasteiger partial charge >= 0.3 is 0 Å². The fraction of sp³-hybridized carbons (Fsp3) is 0.200. The van der Waals surface area contributed by atoms with Gasteiger partial charge in [-0.05, 0) is 42.0 Å². The second-order valence-corrected chi connectivity index (χ2v) is 7.23. The molecule has 2 aromatic rings. The van der Waals surface area contributed by atoms with Gasteiger partial charge in [0, 0.05) is 26.0 Å². The monoisotopic (exact) mass is 418 g/mol. The lowest BCUT2D eigenvalue weighted by atomic mass is 10.1. The van der Waals surface area contributed by atoms with Gasteiger partial charge < -0.3 is 5.11 Å². The zero-order chi connectivity index (χ0) is 14.5. The van der Waals surface area contributed by atoms with Gasteiger partial charge in [-0.25, -0.2) is 4.39 Å². The molecular formula is C15H13Br2FOS. The molecule has 0 spiro atoms. The number of benzene rings is 2. The van der Waals surface area contributed by atoms with Gasteiger partial charge in [0.15, 0.2) is 0 Å². The van der Waals surface area contributed by atoms with Crippen LogP contribution in [0.2, 0.25) is 0 Å². The molecule has 5 heteroatoms. The molecule has 1 atom stereocenters. The van der Waals surface area contributed by atoms with E-state index in [9.17, 15) is 9.50 Å². The van der Waals surface area contributed by atoms with Crippen molar-refractivity contribution in [3.8, 4) is 0 Å². The number of rotatable bonds is 5. The van der Waals surface area contributed by atoms with Gasteiger partial charge in [-0.3, -0.25) is 0 Å². The summed E-state index contributed by atoms with van der Waals surface area (Å²) in [6.45, 7) is 0. The SMILES string of the molecule is OC(CSc1cccc(Br)c1)Cc1cc(F)ccc1Br. The number of aliphatic hydroxyl groups excluding tert-OH is 1. The first-order chi connectivity index (χ1) is 9.54. The maximum atomic E-state index is 13.2. The average molecular weight is 420 g/mol. The molecule has 2 rings (SSSR count). The molecule has 1 N–H and O–H groups in total. The van der Waals surface area contributed by atoms with Gasteiger partial charge in [-0.2, -0.15) is 0 Å². The van der Waals surface area contributed by atoms with Gasteiger partial charge in [-0.1, -0.05) is 37.9 Å². The Kier molecular flexibility index (Phi) is 6.08. The molecule has 1 nitrogen and oxygen atoms in total. The summed E-state index contributed by atoms with van der Waals surface area (Å²) in [4.78, 5) is 1.09. The predicted molar refractivity (Wildman–Crippen MR) is 88.7 cm³/mol. The highest BCUT2D eigenvalue weighted by atomic mass is 79.9. The molecule has 0 bridgehead atoms. The highest BCUT2D eigenvalue weighted by Gasteiger charge is 2.10. The zero-order valence-electron chi connectivity index (χ0n) is 10.5. The average Bonchev–Trinajstić information content (AvgIpc) is 2.41. The minimum Gasteiger partial charge on any atom is -0.392 e. The third-order valence-corrected chi connectivity index (χ3v) is 5.11. The molecule has 0 aliphatic rings. The van der Waals surface area contributed by atoms with Gasteiger partial charge in [0.05, 0.1) is 6.10 Å². The first-order valence-electron chi connectivity index (χ1n) is 6.05. The first-order valence-corrected chi connectivity index (χ1v) is 8.62. The standard InChI is InChI=1S/C15H13Br2FOS/c16-11-2-1-3-14(8-11)20-9-13(19)7-10-6-12(18)4-5-15(10)17/h1-6,8,13,19H,7,9H2. The molecule has 0 aliphatic heterocycles. The second kappa shape index (κ2) is 7.59. The van der Waals surface area contributed by atoms with E-state index in [0.29, 0.717) is 12.2 Å². The number of thioether (sulfide) groups is 1. The molecule has 2 aromatic carbocycles. The summed E-state index contributed by atoms with van der Waals surface area (Å²) in [5.41, 5.74) is 0.785. The van der Waals surface area contributed by atoms with Crippen LogP contribution in [-0.2, 0) is 6.42 Å². The summed E-state index contributed by atoms with van der Waals surface area (Å²) < 4.78 is 15.0. The van der Waals surface area contributed by atoms with Crippen LogP contribution in [0.3, 0.4) is 0 Å². The lowest BCUT2D eigenvalue weighted by molar-refractivity contribution is 0.200. The van der Waals surface area contributed by atoms with Crippen LogP contribution in [0.25, 0.3) is 0 Å². The van der Waals surface area contributed by atoms with Crippen LogP contribution in [0.15, 0.2) is 56.3 Å². The Balaban J connectivity index is 1.92. The quantitative estimate of drug-likeness (QED) is 0.684. The number of aliphatic hydroxyl groups is 1. The van der Waals surface area contributed by atoms with E-state index < -0.39 is 6.10 Å². The number of halogens is 3. The largest absolute Gasteiger partial charge is 0.392 e. The summed E-state index contributed by atoms with van der Waals surface area (Å²) in [6.07, 6.45) is -0.0867. The fourth-order valence-electron chi connectivity index (χ4n) is 1.76. The molecule has 0 fully saturated rings. The summed E-state index contributed by atoms with van der Waals surface area (Å²) in [5.74, 6) is 0.286. The van der Waals surface area contributed by atoms with Crippen molar-refractivity contribution in [2.24, 2.45) is 0 Å². The van der Waals surface area contributed by atoms with Crippen LogP contribution in [0, 0.1) is 5.82 Å². The maximum absolute atomic E-state index is 13.2. The summed E-state index contributed by atoms with van der Waals surface area (Å²) in [5, 5.41) is 10.1. The van der Waals surface area contributed by atoms with E-state index >= 15 is 0 Å². The van der Waals surface area contributed by atoms with Crippen molar-refractivity contribution in [2.45, 2.75) is 17.4 Å². The van der Waals surface area contributed by atoms with Crippen LogP contribution in [0.5, 0.6) is 0 Å². The van der Waals surface area contributed by atoms with Crippen molar-refractivity contribution in [3.63, 3.8) is 0 Å². The van der Waals surface area contributed by atoms with Gasteiger partial charge in [0.25, 0.3) is 0 Å². The molecule has 0 heterocycles. The minimum absolute atomic E-state index is 0.282. The Bertz CT molecular complexity index is 592. The number of hydrogen-bond donors (Lipinski definition) is 1. The highest BCUT2D eigenvalue weighted by Crippen LogP contribution is 2.25. The van der Waals surface area contributed by atoms with E-state index in [1.807, 2.05) is 24.3 Å². The first kappa shape index (κ1) is 16.0. The summed E-state index contributed by atoms with van der Waals surface area (Å²) in [6, 6.07) is 12.5.